The molecule has 1 rings (SSSR count). The second-order valence-corrected chi connectivity index (χ2v) is 5.95. The molecule has 8 heteroatoms. The average molecular weight is 264 g/mol. The van der Waals surface area contributed by atoms with Crippen LogP contribution in [0, 0.1) is 0 Å². The fourth-order valence-corrected chi connectivity index (χ4v) is 2.13. The fraction of sp³-hybridized carbons (Fsp3) is 0.889. The predicted octanol–water partition coefficient (Wildman–Crippen LogP) is -2.44. The number of sulfonamides is 1. The van der Waals surface area contributed by atoms with Crippen molar-refractivity contribution in [3.63, 3.8) is 0 Å². The summed E-state index contributed by atoms with van der Waals surface area (Å²) < 4.78 is 24.4. The molecule has 0 bridgehead atoms. The van der Waals surface area contributed by atoms with Crippen molar-refractivity contribution < 1.29 is 13.2 Å². The average Bonchev–Trinajstić information content (AvgIpc) is 2.30. The Kier molecular flexibility index (Phi) is 5.83. The van der Waals surface area contributed by atoms with E-state index >= 15 is 0 Å². The first kappa shape index (κ1) is 14.4. The van der Waals surface area contributed by atoms with Crippen LogP contribution < -0.4 is 15.4 Å². The molecule has 0 unspecified atom stereocenters. The van der Waals surface area contributed by atoms with E-state index in [9.17, 15) is 13.2 Å². The van der Waals surface area contributed by atoms with Gasteiger partial charge in [-0.15, -0.1) is 0 Å². The summed E-state index contributed by atoms with van der Waals surface area (Å²) in [6.45, 7) is 3.96. The minimum Gasteiger partial charge on any atom is -0.354 e. The zero-order valence-corrected chi connectivity index (χ0v) is 10.8. The molecular formula is C9H20N4O3S. The SMILES string of the molecule is CNS(=O)(=O)CCNC(=O)CN1CCNCC1. The van der Waals surface area contributed by atoms with E-state index in [4.69, 9.17) is 0 Å². The van der Waals surface area contributed by atoms with Gasteiger partial charge in [0.15, 0.2) is 0 Å². The van der Waals surface area contributed by atoms with Crippen molar-refractivity contribution in [2.75, 3.05) is 52.1 Å². The van der Waals surface area contributed by atoms with Crippen LogP contribution in [-0.2, 0) is 14.8 Å². The highest BCUT2D eigenvalue weighted by atomic mass is 32.2. The van der Waals surface area contributed by atoms with Crippen LogP contribution in [0.2, 0.25) is 0 Å². The van der Waals surface area contributed by atoms with Gasteiger partial charge in [0.1, 0.15) is 0 Å². The van der Waals surface area contributed by atoms with Crippen LogP contribution in [0.5, 0.6) is 0 Å². The molecule has 17 heavy (non-hydrogen) atoms. The molecule has 7 nitrogen and oxygen atoms in total. The smallest absolute Gasteiger partial charge is 0.234 e. The van der Waals surface area contributed by atoms with Gasteiger partial charge in [0.2, 0.25) is 15.9 Å². The molecule has 1 heterocycles. The summed E-state index contributed by atoms with van der Waals surface area (Å²) in [5.41, 5.74) is 0. The monoisotopic (exact) mass is 264 g/mol. The summed E-state index contributed by atoms with van der Waals surface area (Å²) >= 11 is 0. The van der Waals surface area contributed by atoms with E-state index in [1.807, 2.05) is 4.90 Å². The molecule has 0 saturated carbocycles. The van der Waals surface area contributed by atoms with Gasteiger partial charge in [0.25, 0.3) is 0 Å². The molecule has 0 radical (unpaired) electrons. The largest absolute Gasteiger partial charge is 0.354 e. The fourth-order valence-electron chi connectivity index (χ4n) is 1.56. The molecule has 3 N–H and O–H groups in total. The summed E-state index contributed by atoms with van der Waals surface area (Å²) in [6.07, 6.45) is 0. The molecule has 0 spiro atoms. The Morgan fingerprint density at radius 2 is 2.00 bits per heavy atom. The van der Waals surface area contributed by atoms with Crippen LogP contribution >= 0.6 is 0 Å². The Bertz CT molecular complexity index is 338. The minimum atomic E-state index is -3.24. The van der Waals surface area contributed by atoms with Crippen LogP contribution in [0.4, 0.5) is 0 Å². The van der Waals surface area contributed by atoms with Crippen molar-refractivity contribution >= 4 is 15.9 Å². The summed E-state index contributed by atoms with van der Waals surface area (Å²) in [7, 11) is -1.88. The highest BCUT2D eigenvalue weighted by molar-refractivity contribution is 7.89. The van der Waals surface area contributed by atoms with Gasteiger partial charge in [0, 0.05) is 32.7 Å². The number of carbonyl (C=O) groups excluding carboxylic acids is 1. The van der Waals surface area contributed by atoms with E-state index < -0.39 is 10.0 Å². The lowest BCUT2D eigenvalue weighted by Crippen LogP contribution is -2.48. The number of nitrogens with one attached hydrogen (secondary N) is 3. The quantitative estimate of drug-likeness (QED) is 0.496. The Balaban J connectivity index is 2.16. The van der Waals surface area contributed by atoms with E-state index in [1.165, 1.54) is 7.05 Å². The number of hydrogen-bond acceptors (Lipinski definition) is 5. The topological polar surface area (TPSA) is 90.5 Å². The van der Waals surface area contributed by atoms with Gasteiger partial charge in [-0.25, -0.2) is 13.1 Å². The maximum absolute atomic E-state index is 11.5. The molecule has 100 valence electrons. The highest BCUT2D eigenvalue weighted by Gasteiger charge is 2.13. The maximum atomic E-state index is 11.5. The number of amides is 1. The first-order valence-electron chi connectivity index (χ1n) is 5.64. The lowest BCUT2D eigenvalue weighted by atomic mass is 10.3. The number of nitrogens with zero attached hydrogens (tertiary/aromatic N) is 1. The van der Waals surface area contributed by atoms with Crippen molar-refractivity contribution in [2.24, 2.45) is 0 Å². The number of rotatable bonds is 6. The summed E-state index contributed by atoms with van der Waals surface area (Å²) in [5, 5.41) is 5.80. The third-order valence-electron chi connectivity index (χ3n) is 2.58. The van der Waals surface area contributed by atoms with Gasteiger partial charge in [-0.3, -0.25) is 9.69 Å². The normalized spacial score (nSPS) is 17.9. The van der Waals surface area contributed by atoms with Gasteiger partial charge >= 0.3 is 0 Å². The van der Waals surface area contributed by atoms with E-state index in [-0.39, 0.29) is 18.2 Å². The van der Waals surface area contributed by atoms with Crippen molar-refractivity contribution in [1.29, 1.82) is 0 Å². The van der Waals surface area contributed by atoms with Crippen LogP contribution in [0.15, 0.2) is 0 Å². The molecule has 0 aromatic heterocycles. The summed E-state index contributed by atoms with van der Waals surface area (Å²) in [4.78, 5) is 13.5. The van der Waals surface area contributed by atoms with Gasteiger partial charge in [-0.05, 0) is 7.05 Å². The standard InChI is InChI=1S/C9H20N4O3S/c1-10-17(15,16)7-4-12-9(14)8-13-5-2-11-3-6-13/h10-11H,2-8H2,1H3,(H,12,14). The zero-order chi connectivity index (χ0) is 12.7. The van der Waals surface area contributed by atoms with Crippen molar-refractivity contribution in [3.05, 3.63) is 0 Å². The second-order valence-electron chi connectivity index (χ2n) is 3.90. The molecule has 0 atom stereocenters. The van der Waals surface area contributed by atoms with E-state index in [2.05, 4.69) is 15.4 Å². The van der Waals surface area contributed by atoms with Crippen LogP contribution in [-0.4, -0.2) is 71.3 Å². The maximum Gasteiger partial charge on any atom is 0.234 e. The Morgan fingerprint density at radius 3 is 2.59 bits per heavy atom. The van der Waals surface area contributed by atoms with Gasteiger partial charge in [-0.1, -0.05) is 0 Å². The van der Waals surface area contributed by atoms with Crippen LogP contribution in [0.1, 0.15) is 0 Å². The van der Waals surface area contributed by atoms with Crippen molar-refractivity contribution in [3.8, 4) is 0 Å². The molecule has 1 saturated heterocycles. The third-order valence-corrected chi connectivity index (χ3v) is 3.94. The first-order chi connectivity index (χ1) is 8.03. The molecule has 1 amide bonds. The van der Waals surface area contributed by atoms with Crippen LogP contribution in [0.25, 0.3) is 0 Å². The number of piperazine rings is 1. The van der Waals surface area contributed by atoms with E-state index in [0.717, 1.165) is 26.2 Å². The lowest BCUT2D eigenvalue weighted by molar-refractivity contribution is -0.122. The molecule has 1 aliphatic rings. The third kappa shape index (κ3) is 5.97. The molecule has 1 fully saturated rings. The summed E-state index contributed by atoms with van der Waals surface area (Å²) in [5.74, 6) is -0.213. The Hall–Kier alpha value is -0.700. The summed E-state index contributed by atoms with van der Waals surface area (Å²) in [6, 6.07) is 0. The highest BCUT2D eigenvalue weighted by Crippen LogP contribution is 1.90. The van der Waals surface area contributed by atoms with E-state index in [1.54, 1.807) is 0 Å². The number of carbonyl (C=O) groups is 1. The zero-order valence-electron chi connectivity index (χ0n) is 10.0. The molecule has 0 aromatic rings. The molecule has 1 aliphatic heterocycles. The Morgan fingerprint density at radius 1 is 1.35 bits per heavy atom. The lowest BCUT2D eigenvalue weighted by Gasteiger charge is -2.26. The van der Waals surface area contributed by atoms with Crippen molar-refractivity contribution in [2.45, 2.75) is 0 Å². The van der Waals surface area contributed by atoms with E-state index in [0.29, 0.717) is 6.54 Å². The predicted molar refractivity (Wildman–Crippen MR) is 65.2 cm³/mol. The van der Waals surface area contributed by atoms with Gasteiger partial charge in [0.05, 0.1) is 12.3 Å². The minimum absolute atomic E-state index is 0.0865. The van der Waals surface area contributed by atoms with Gasteiger partial charge in [-0.2, -0.15) is 0 Å². The van der Waals surface area contributed by atoms with Crippen molar-refractivity contribution in [1.82, 2.24) is 20.3 Å². The first-order valence-corrected chi connectivity index (χ1v) is 7.30. The van der Waals surface area contributed by atoms with Crippen LogP contribution in [0.3, 0.4) is 0 Å². The van der Waals surface area contributed by atoms with Gasteiger partial charge < -0.3 is 10.6 Å². The molecule has 0 aliphatic carbocycles. The number of hydrogen-bond donors (Lipinski definition) is 3. The molecular weight excluding hydrogens is 244 g/mol. The second kappa shape index (κ2) is 6.90. The Labute approximate surface area is 102 Å². The molecule has 0 aromatic carbocycles.